The smallest absolute Gasteiger partial charge is 0.248 e. The fourth-order valence-corrected chi connectivity index (χ4v) is 5.57. The summed E-state index contributed by atoms with van der Waals surface area (Å²) in [5.41, 5.74) is 1.27. The SMILES string of the molecule is Cc1noc(C)c1S(=O)(=O)N1CCN([C@H](C)C(=O)NCc2ccc3c(c2)OCO3)CC1. The van der Waals surface area contributed by atoms with E-state index in [-0.39, 0.29) is 29.4 Å². The molecule has 2 aliphatic heterocycles. The van der Waals surface area contributed by atoms with Crippen LogP contribution >= 0.6 is 0 Å². The standard InChI is InChI=1S/C20H26N4O6S/c1-13-19(15(3)30-22-13)31(26,27)24-8-6-23(7-9-24)14(2)20(25)21-11-16-4-5-17-18(10-16)29-12-28-17/h4-5,10,14H,6-9,11-12H2,1-3H3,(H,21,25)/t14-/m1/s1. The quantitative estimate of drug-likeness (QED) is 0.694. The first-order chi connectivity index (χ1) is 14.8. The monoisotopic (exact) mass is 450 g/mol. The Morgan fingerprint density at radius 1 is 1.16 bits per heavy atom. The zero-order chi connectivity index (χ0) is 22.2. The molecule has 1 aromatic heterocycles. The summed E-state index contributed by atoms with van der Waals surface area (Å²) in [5.74, 6) is 1.55. The maximum atomic E-state index is 12.9. The van der Waals surface area contributed by atoms with Crippen molar-refractivity contribution in [3.05, 3.63) is 35.2 Å². The van der Waals surface area contributed by atoms with Gasteiger partial charge in [-0.05, 0) is 38.5 Å². The predicted octanol–water partition coefficient (Wildman–Crippen LogP) is 1.03. The molecular weight excluding hydrogens is 424 g/mol. The van der Waals surface area contributed by atoms with E-state index in [0.717, 1.165) is 5.56 Å². The van der Waals surface area contributed by atoms with Crippen molar-refractivity contribution in [1.29, 1.82) is 0 Å². The van der Waals surface area contributed by atoms with Crippen molar-refractivity contribution in [2.45, 2.75) is 38.3 Å². The predicted molar refractivity (Wildman–Crippen MR) is 110 cm³/mol. The minimum Gasteiger partial charge on any atom is -0.454 e. The molecule has 11 heteroatoms. The third-order valence-electron chi connectivity index (χ3n) is 5.67. The van der Waals surface area contributed by atoms with Gasteiger partial charge in [0.25, 0.3) is 0 Å². The van der Waals surface area contributed by atoms with Crippen LogP contribution in [0.25, 0.3) is 0 Å². The largest absolute Gasteiger partial charge is 0.454 e. The van der Waals surface area contributed by atoms with E-state index in [0.29, 0.717) is 49.9 Å². The second kappa shape index (κ2) is 8.48. The van der Waals surface area contributed by atoms with Crippen molar-refractivity contribution in [3.63, 3.8) is 0 Å². The third kappa shape index (κ3) is 4.25. The summed E-state index contributed by atoms with van der Waals surface area (Å²) in [6, 6.07) is 5.19. The Hall–Kier alpha value is -2.63. The maximum absolute atomic E-state index is 12.9. The van der Waals surface area contributed by atoms with Crippen LogP contribution in [0, 0.1) is 13.8 Å². The lowest BCUT2D eigenvalue weighted by atomic mass is 10.2. The zero-order valence-corrected chi connectivity index (χ0v) is 18.6. The number of ether oxygens (including phenoxy) is 2. The molecule has 1 amide bonds. The van der Waals surface area contributed by atoms with Crippen molar-refractivity contribution in [2.75, 3.05) is 33.0 Å². The number of nitrogens with zero attached hydrogens (tertiary/aromatic N) is 3. The molecule has 1 saturated heterocycles. The van der Waals surface area contributed by atoms with Gasteiger partial charge < -0.3 is 19.3 Å². The number of aryl methyl sites for hydroxylation is 2. The molecule has 0 bridgehead atoms. The molecule has 1 N–H and O–H groups in total. The Kier molecular flexibility index (Phi) is 5.91. The van der Waals surface area contributed by atoms with Crippen molar-refractivity contribution >= 4 is 15.9 Å². The number of piperazine rings is 1. The molecule has 31 heavy (non-hydrogen) atoms. The zero-order valence-electron chi connectivity index (χ0n) is 17.8. The topological polar surface area (TPSA) is 114 Å². The van der Waals surface area contributed by atoms with E-state index in [2.05, 4.69) is 10.5 Å². The van der Waals surface area contributed by atoms with E-state index in [1.54, 1.807) is 13.8 Å². The van der Waals surface area contributed by atoms with Crippen LogP contribution in [-0.4, -0.2) is 67.7 Å². The Morgan fingerprint density at radius 3 is 2.55 bits per heavy atom. The number of aromatic nitrogens is 1. The van der Waals surface area contributed by atoms with E-state index in [1.165, 1.54) is 4.31 Å². The maximum Gasteiger partial charge on any atom is 0.248 e. The Morgan fingerprint density at radius 2 is 1.87 bits per heavy atom. The molecule has 10 nitrogen and oxygen atoms in total. The van der Waals surface area contributed by atoms with Gasteiger partial charge in [-0.1, -0.05) is 11.2 Å². The van der Waals surface area contributed by atoms with Crippen molar-refractivity contribution in [2.24, 2.45) is 0 Å². The molecule has 3 heterocycles. The highest BCUT2D eigenvalue weighted by Gasteiger charge is 2.35. The van der Waals surface area contributed by atoms with Gasteiger partial charge in [-0.15, -0.1) is 0 Å². The van der Waals surface area contributed by atoms with Crippen LogP contribution < -0.4 is 14.8 Å². The second-order valence-corrected chi connectivity index (χ2v) is 9.55. The Balaban J connectivity index is 1.31. The van der Waals surface area contributed by atoms with Crippen LogP contribution in [0.3, 0.4) is 0 Å². The highest BCUT2D eigenvalue weighted by atomic mass is 32.2. The van der Waals surface area contributed by atoms with Crippen LogP contribution in [-0.2, 0) is 21.4 Å². The van der Waals surface area contributed by atoms with Crippen LogP contribution in [0.15, 0.2) is 27.6 Å². The highest BCUT2D eigenvalue weighted by Crippen LogP contribution is 2.32. The van der Waals surface area contributed by atoms with Gasteiger partial charge in [-0.2, -0.15) is 4.31 Å². The number of fused-ring (bicyclic) bond motifs is 1. The number of rotatable bonds is 6. The summed E-state index contributed by atoms with van der Waals surface area (Å²) in [4.78, 5) is 14.8. The molecule has 0 spiro atoms. The second-order valence-electron chi connectivity index (χ2n) is 7.67. The molecule has 0 aliphatic carbocycles. The van der Waals surface area contributed by atoms with Crippen molar-refractivity contribution in [1.82, 2.24) is 19.7 Å². The van der Waals surface area contributed by atoms with Gasteiger partial charge >= 0.3 is 0 Å². The van der Waals surface area contributed by atoms with Gasteiger partial charge in [0, 0.05) is 32.7 Å². The number of nitrogens with one attached hydrogen (secondary N) is 1. The third-order valence-corrected chi connectivity index (χ3v) is 7.81. The summed E-state index contributed by atoms with van der Waals surface area (Å²) in [7, 11) is -3.67. The first kappa shape index (κ1) is 21.6. The van der Waals surface area contributed by atoms with E-state index >= 15 is 0 Å². The number of hydrogen-bond acceptors (Lipinski definition) is 8. The lowest BCUT2D eigenvalue weighted by Gasteiger charge is -2.36. The van der Waals surface area contributed by atoms with E-state index in [9.17, 15) is 13.2 Å². The van der Waals surface area contributed by atoms with E-state index < -0.39 is 10.0 Å². The number of carbonyl (C=O) groups is 1. The average molecular weight is 451 g/mol. The first-order valence-electron chi connectivity index (χ1n) is 10.1. The van der Waals surface area contributed by atoms with E-state index in [4.69, 9.17) is 14.0 Å². The summed E-state index contributed by atoms with van der Waals surface area (Å²) >= 11 is 0. The van der Waals surface area contributed by atoms with Crippen molar-refractivity contribution < 1.29 is 27.2 Å². The molecule has 2 aliphatic rings. The normalized spacial score (nSPS) is 18.2. The highest BCUT2D eigenvalue weighted by molar-refractivity contribution is 7.89. The Bertz CT molecular complexity index is 1060. The molecular formula is C20H26N4O6S. The van der Waals surface area contributed by atoms with Gasteiger partial charge in [0.1, 0.15) is 10.6 Å². The minimum atomic E-state index is -3.67. The van der Waals surface area contributed by atoms with Gasteiger partial charge in [-0.25, -0.2) is 8.42 Å². The molecule has 2 aromatic rings. The number of sulfonamides is 1. The first-order valence-corrected chi connectivity index (χ1v) is 11.5. The van der Waals surface area contributed by atoms with Gasteiger partial charge in [0.2, 0.25) is 22.7 Å². The van der Waals surface area contributed by atoms with Crippen LogP contribution in [0.5, 0.6) is 11.5 Å². The summed E-state index contributed by atoms with van der Waals surface area (Å²) < 4.78 is 43.0. The number of hydrogen-bond donors (Lipinski definition) is 1. The fourth-order valence-electron chi connectivity index (χ4n) is 3.86. The molecule has 1 fully saturated rings. The van der Waals surface area contributed by atoms with Crippen LogP contribution in [0.1, 0.15) is 23.9 Å². The average Bonchev–Trinajstić information content (AvgIpc) is 3.37. The summed E-state index contributed by atoms with van der Waals surface area (Å²) in [6.45, 7) is 7.14. The van der Waals surface area contributed by atoms with Crippen molar-refractivity contribution in [3.8, 4) is 11.5 Å². The lowest BCUT2D eigenvalue weighted by Crippen LogP contribution is -2.54. The van der Waals surface area contributed by atoms with Gasteiger partial charge in [0.05, 0.1) is 6.04 Å². The molecule has 1 aromatic carbocycles. The Labute approximate surface area is 181 Å². The van der Waals surface area contributed by atoms with E-state index in [1.807, 2.05) is 30.0 Å². The molecule has 1 atom stereocenters. The fraction of sp³-hybridized carbons (Fsp3) is 0.500. The molecule has 0 saturated carbocycles. The van der Waals surface area contributed by atoms with Crippen LogP contribution in [0.4, 0.5) is 0 Å². The molecule has 0 radical (unpaired) electrons. The lowest BCUT2D eigenvalue weighted by molar-refractivity contribution is -0.126. The minimum absolute atomic E-state index is 0.111. The number of carbonyl (C=O) groups excluding carboxylic acids is 1. The van der Waals surface area contributed by atoms with Gasteiger partial charge in [0.15, 0.2) is 17.3 Å². The molecule has 4 rings (SSSR count). The summed E-state index contributed by atoms with van der Waals surface area (Å²) in [6.07, 6.45) is 0. The molecule has 0 unspecified atom stereocenters. The summed E-state index contributed by atoms with van der Waals surface area (Å²) in [5, 5.41) is 6.69. The van der Waals surface area contributed by atoms with Crippen LogP contribution in [0.2, 0.25) is 0 Å². The number of benzene rings is 1. The van der Waals surface area contributed by atoms with Gasteiger partial charge in [-0.3, -0.25) is 9.69 Å². The molecule has 168 valence electrons. The number of amides is 1.